The SMILES string of the molecule is CCOc1ccc(CCC(N)CO)cc1. The first-order valence-corrected chi connectivity index (χ1v) is 5.34. The molecule has 3 nitrogen and oxygen atoms in total. The first-order valence-electron chi connectivity index (χ1n) is 5.34. The lowest BCUT2D eigenvalue weighted by molar-refractivity contribution is 0.260. The molecule has 0 radical (unpaired) electrons. The molecule has 84 valence electrons. The number of aryl methyl sites for hydroxylation is 1. The van der Waals surface area contributed by atoms with Crippen molar-refractivity contribution in [2.45, 2.75) is 25.8 Å². The Hall–Kier alpha value is -1.06. The lowest BCUT2D eigenvalue weighted by Crippen LogP contribution is -2.24. The zero-order valence-electron chi connectivity index (χ0n) is 9.15. The van der Waals surface area contributed by atoms with Gasteiger partial charge in [-0.05, 0) is 37.5 Å². The van der Waals surface area contributed by atoms with Crippen molar-refractivity contribution in [3.63, 3.8) is 0 Å². The van der Waals surface area contributed by atoms with Crippen LogP contribution in [0.15, 0.2) is 24.3 Å². The summed E-state index contributed by atoms with van der Waals surface area (Å²) in [4.78, 5) is 0. The number of rotatable bonds is 6. The van der Waals surface area contributed by atoms with E-state index in [1.807, 2.05) is 31.2 Å². The summed E-state index contributed by atoms with van der Waals surface area (Å²) in [7, 11) is 0. The van der Waals surface area contributed by atoms with Gasteiger partial charge >= 0.3 is 0 Å². The lowest BCUT2D eigenvalue weighted by Gasteiger charge is -2.08. The molecule has 1 aromatic rings. The summed E-state index contributed by atoms with van der Waals surface area (Å²) in [5.41, 5.74) is 6.85. The molecule has 0 heterocycles. The maximum Gasteiger partial charge on any atom is 0.119 e. The maximum absolute atomic E-state index is 8.78. The molecule has 3 N–H and O–H groups in total. The Kier molecular flexibility index (Phi) is 5.15. The number of nitrogens with two attached hydrogens (primary N) is 1. The molecule has 0 aliphatic carbocycles. The summed E-state index contributed by atoms with van der Waals surface area (Å²) in [6.07, 6.45) is 1.71. The quantitative estimate of drug-likeness (QED) is 0.743. The first-order chi connectivity index (χ1) is 7.26. The summed E-state index contributed by atoms with van der Waals surface area (Å²) < 4.78 is 5.34. The Bertz CT molecular complexity index is 271. The predicted octanol–water partition coefficient (Wildman–Crippen LogP) is 1.34. The van der Waals surface area contributed by atoms with Gasteiger partial charge in [0.15, 0.2) is 0 Å². The average molecular weight is 209 g/mol. The molecule has 3 heteroatoms. The van der Waals surface area contributed by atoms with E-state index in [1.165, 1.54) is 5.56 Å². The normalized spacial score (nSPS) is 12.5. The maximum atomic E-state index is 8.78. The van der Waals surface area contributed by atoms with E-state index in [0.29, 0.717) is 6.61 Å². The Morgan fingerprint density at radius 2 is 2.00 bits per heavy atom. The molecule has 0 aliphatic rings. The highest BCUT2D eigenvalue weighted by Crippen LogP contribution is 2.13. The number of hydrogen-bond acceptors (Lipinski definition) is 3. The van der Waals surface area contributed by atoms with Crippen LogP contribution in [0.5, 0.6) is 5.75 Å². The van der Waals surface area contributed by atoms with Crippen LogP contribution < -0.4 is 10.5 Å². The van der Waals surface area contributed by atoms with Crippen LogP contribution in [0.4, 0.5) is 0 Å². The molecule has 0 saturated carbocycles. The van der Waals surface area contributed by atoms with Crippen LogP contribution in [-0.4, -0.2) is 24.4 Å². The minimum atomic E-state index is -0.114. The second kappa shape index (κ2) is 6.43. The lowest BCUT2D eigenvalue weighted by atomic mass is 10.1. The third-order valence-electron chi connectivity index (χ3n) is 2.27. The van der Waals surface area contributed by atoms with Gasteiger partial charge in [-0.2, -0.15) is 0 Å². The first kappa shape index (κ1) is 12.0. The van der Waals surface area contributed by atoms with E-state index >= 15 is 0 Å². The Labute approximate surface area is 90.9 Å². The van der Waals surface area contributed by atoms with Crippen molar-refractivity contribution < 1.29 is 9.84 Å². The van der Waals surface area contributed by atoms with Crippen molar-refractivity contribution in [3.05, 3.63) is 29.8 Å². The van der Waals surface area contributed by atoms with Crippen LogP contribution in [0.3, 0.4) is 0 Å². The molecular weight excluding hydrogens is 190 g/mol. The van der Waals surface area contributed by atoms with E-state index in [-0.39, 0.29) is 12.6 Å². The van der Waals surface area contributed by atoms with Crippen LogP contribution in [0.2, 0.25) is 0 Å². The molecule has 0 bridgehead atoms. The molecule has 1 aromatic carbocycles. The van der Waals surface area contributed by atoms with Gasteiger partial charge in [0.05, 0.1) is 13.2 Å². The second-order valence-corrected chi connectivity index (χ2v) is 3.56. The van der Waals surface area contributed by atoms with E-state index in [4.69, 9.17) is 15.6 Å². The van der Waals surface area contributed by atoms with Crippen LogP contribution in [0.1, 0.15) is 18.9 Å². The zero-order chi connectivity index (χ0) is 11.1. The monoisotopic (exact) mass is 209 g/mol. The minimum Gasteiger partial charge on any atom is -0.494 e. The van der Waals surface area contributed by atoms with Gasteiger partial charge in [0, 0.05) is 6.04 Å². The summed E-state index contributed by atoms with van der Waals surface area (Å²) in [5.74, 6) is 0.896. The fraction of sp³-hybridized carbons (Fsp3) is 0.500. The highest BCUT2D eigenvalue weighted by molar-refractivity contribution is 5.27. The molecule has 15 heavy (non-hydrogen) atoms. The van der Waals surface area contributed by atoms with E-state index in [0.717, 1.165) is 18.6 Å². The highest BCUT2D eigenvalue weighted by atomic mass is 16.5. The van der Waals surface area contributed by atoms with E-state index in [9.17, 15) is 0 Å². The average Bonchev–Trinajstić information content (AvgIpc) is 2.28. The number of ether oxygens (including phenoxy) is 1. The number of aliphatic hydroxyl groups excluding tert-OH is 1. The van der Waals surface area contributed by atoms with E-state index < -0.39 is 0 Å². The molecule has 1 atom stereocenters. The fourth-order valence-electron chi connectivity index (χ4n) is 1.36. The molecule has 0 aliphatic heterocycles. The molecule has 0 amide bonds. The Balaban J connectivity index is 2.42. The fourth-order valence-corrected chi connectivity index (χ4v) is 1.36. The van der Waals surface area contributed by atoms with Gasteiger partial charge in [-0.25, -0.2) is 0 Å². The van der Waals surface area contributed by atoms with Gasteiger partial charge in [0.1, 0.15) is 5.75 Å². The molecule has 0 fully saturated rings. The molecule has 0 spiro atoms. The van der Waals surface area contributed by atoms with Crippen molar-refractivity contribution >= 4 is 0 Å². The molecule has 0 saturated heterocycles. The Morgan fingerprint density at radius 1 is 1.33 bits per heavy atom. The highest BCUT2D eigenvalue weighted by Gasteiger charge is 2.01. The van der Waals surface area contributed by atoms with Crippen LogP contribution in [0, 0.1) is 0 Å². The second-order valence-electron chi connectivity index (χ2n) is 3.56. The Morgan fingerprint density at radius 3 is 2.53 bits per heavy atom. The van der Waals surface area contributed by atoms with Crippen molar-refractivity contribution in [1.29, 1.82) is 0 Å². The van der Waals surface area contributed by atoms with Crippen LogP contribution in [-0.2, 0) is 6.42 Å². The predicted molar refractivity (Wildman–Crippen MR) is 61.0 cm³/mol. The standard InChI is InChI=1S/C12H19NO2/c1-2-15-12-7-4-10(5-8-12)3-6-11(13)9-14/h4-5,7-8,11,14H,2-3,6,9,13H2,1H3. The molecule has 1 unspecified atom stereocenters. The third-order valence-corrected chi connectivity index (χ3v) is 2.27. The van der Waals surface area contributed by atoms with Gasteiger partial charge in [0.25, 0.3) is 0 Å². The van der Waals surface area contributed by atoms with Crippen LogP contribution >= 0.6 is 0 Å². The van der Waals surface area contributed by atoms with Gasteiger partial charge in [-0.1, -0.05) is 12.1 Å². The number of hydrogen-bond donors (Lipinski definition) is 2. The summed E-state index contributed by atoms with van der Waals surface area (Å²) in [6.45, 7) is 2.71. The zero-order valence-corrected chi connectivity index (χ0v) is 9.15. The molecular formula is C12H19NO2. The molecule has 0 aromatic heterocycles. The summed E-state index contributed by atoms with van der Waals surface area (Å²) >= 11 is 0. The van der Waals surface area contributed by atoms with Crippen LogP contribution in [0.25, 0.3) is 0 Å². The number of benzene rings is 1. The molecule has 1 rings (SSSR count). The van der Waals surface area contributed by atoms with Gasteiger partial charge in [0.2, 0.25) is 0 Å². The third kappa shape index (κ3) is 4.32. The summed E-state index contributed by atoms with van der Waals surface area (Å²) in [5, 5.41) is 8.78. The van der Waals surface area contributed by atoms with Gasteiger partial charge in [-0.15, -0.1) is 0 Å². The smallest absolute Gasteiger partial charge is 0.119 e. The van der Waals surface area contributed by atoms with E-state index in [2.05, 4.69) is 0 Å². The largest absolute Gasteiger partial charge is 0.494 e. The van der Waals surface area contributed by atoms with E-state index in [1.54, 1.807) is 0 Å². The van der Waals surface area contributed by atoms with Crippen molar-refractivity contribution in [2.75, 3.05) is 13.2 Å². The van der Waals surface area contributed by atoms with Gasteiger partial charge < -0.3 is 15.6 Å². The topological polar surface area (TPSA) is 55.5 Å². The van der Waals surface area contributed by atoms with Crippen molar-refractivity contribution in [3.8, 4) is 5.75 Å². The van der Waals surface area contributed by atoms with Crippen molar-refractivity contribution in [2.24, 2.45) is 5.73 Å². The number of aliphatic hydroxyl groups is 1. The summed E-state index contributed by atoms with van der Waals surface area (Å²) in [6, 6.07) is 7.88. The minimum absolute atomic E-state index is 0.0526. The van der Waals surface area contributed by atoms with Gasteiger partial charge in [-0.3, -0.25) is 0 Å². The van der Waals surface area contributed by atoms with Crippen molar-refractivity contribution in [1.82, 2.24) is 0 Å².